The number of likely N-dealkylation sites (tertiary alicyclic amines) is 1. The van der Waals surface area contributed by atoms with Crippen molar-refractivity contribution in [3.05, 3.63) is 95.8 Å². The maximum atomic E-state index is 14.2. The van der Waals surface area contributed by atoms with Crippen LogP contribution in [0.3, 0.4) is 0 Å². The highest BCUT2D eigenvalue weighted by molar-refractivity contribution is 6.74. The Labute approximate surface area is 295 Å². The Morgan fingerprint density at radius 3 is 1.82 bits per heavy atom. The maximum Gasteiger partial charge on any atom is 0.418 e. The number of hydrogen-bond donors (Lipinski definition) is 2. The van der Waals surface area contributed by atoms with Crippen LogP contribution in [0.5, 0.6) is 0 Å². The minimum atomic E-state index is -2.42. The van der Waals surface area contributed by atoms with Crippen molar-refractivity contribution in [2.75, 3.05) is 6.54 Å². The van der Waals surface area contributed by atoms with Crippen LogP contribution < -0.4 is 10.6 Å². The molecule has 1 saturated heterocycles. The number of benzene rings is 2. The van der Waals surface area contributed by atoms with Crippen molar-refractivity contribution < 1.29 is 37.8 Å². The quantitative estimate of drug-likeness (QED) is 0.130. The molecule has 2 heterocycles. The lowest BCUT2D eigenvalue weighted by molar-refractivity contribution is 0.0502. The van der Waals surface area contributed by atoms with Gasteiger partial charge in [-0.05, 0) is 62.5 Å². The van der Waals surface area contributed by atoms with Gasteiger partial charge in [0, 0.05) is 18.9 Å². The van der Waals surface area contributed by atoms with E-state index in [2.05, 4.69) is 44.5 Å². The molecule has 0 radical (unpaired) electrons. The number of aromatic nitrogens is 1. The molecule has 3 aromatic rings. The van der Waals surface area contributed by atoms with Gasteiger partial charge in [0.2, 0.25) is 0 Å². The summed E-state index contributed by atoms with van der Waals surface area (Å²) in [6.07, 6.45) is -0.658. The summed E-state index contributed by atoms with van der Waals surface area (Å²) < 4.78 is 24.6. The fourth-order valence-corrected chi connectivity index (χ4v) is 6.58. The van der Waals surface area contributed by atoms with E-state index in [1.807, 2.05) is 60.7 Å². The van der Waals surface area contributed by atoms with Crippen LogP contribution in [0.2, 0.25) is 18.1 Å². The molecule has 2 aromatic carbocycles. The van der Waals surface area contributed by atoms with Crippen molar-refractivity contribution in [1.29, 1.82) is 0 Å². The van der Waals surface area contributed by atoms with E-state index in [4.69, 9.17) is 18.6 Å². The van der Waals surface area contributed by atoms with Gasteiger partial charge in [-0.3, -0.25) is 20.0 Å². The average Bonchev–Trinajstić information content (AvgIpc) is 3.70. The predicted molar refractivity (Wildman–Crippen MR) is 191 cm³/mol. The minimum Gasteiger partial charge on any atom is -0.445 e. The molecule has 3 amide bonds. The lowest BCUT2D eigenvalue weighted by Gasteiger charge is -2.42. The third-order valence-electron chi connectivity index (χ3n) is 8.77. The highest BCUT2D eigenvalue weighted by atomic mass is 28.4. The molecule has 0 aliphatic carbocycles. The van der Waals surface area contributed by atoms with Crippen molar-refractivity contribution in [1.82, 2.24) is 20.1 Å². The van der Waals surface area contributed by atoms with Gasteiger partial charge in [0.15, 0.2) is 8.32 Å². The lowest BCUT2D eigenvalue weighted by atomic mass is 10.1. The van der Waals surface area contributed by atoms with Gasteiger partial charge in [-0.1, -0.05) is 81.4 Å². The number of amides is 3. The molecule has 13 heteroatoms. The van der Waals surface area contributed by atoms with Crippen LogP contribution >= 0.6 is 0 Å². The summed E-state index contributed by atoms with van der Waals surface area (Å²) in [7, 11) is -2.42. The number of alkyl carbamates (subject to hydrolysis) is 2. The van der Waals surface area contributed by atoms with Crippen LogP contribution in [0.4, 0.5) is 14.4 Å². The monoisotopic (exact) mass is 706 g/mol. The van der Waals surface area contributed by atoms with Gasteiger partial charge in [-0.25, -0.2) is 14.4 Å². The summed E-state index contributed by atoms with van der Waals surface area (Å²) in [5, 5.41) is 5.41. The Bertz CT molecular complexity index is 1560. The molecular formula is C37H50N4O8Si. The van der Waals surface area contributed by atoms with Gasteiger partial charge in [0.25, 0.3) is 5.91 Å². The maximum absolute atomic E-state index is 14.2. The normalized spacial score (nSPS) is 16.5. The summed E-state index contributed by atoms with van der Waals surface area (Å²) in [6.45, 7) is 16.1. The van der Waals surface area contributed by atoms with Crippen LogP contribution in [0.15, 0.2) is 79.1 Å². The van der Waals surface area contributed by atoms with Crippen LogP contribution in [0, 0.1) is 0 Å². The summed E-state index contributed by atoms with van der Waals surface area (Å²) in [5.74, 6) is -0.414. The highest BCUT2D eigenvalue weighted by Crippen LogP contribution is 2.40. The van der Waals surface area contributed by atoms with Gasteiger partial charge in [0.1, 0.15) is 25.0 Å². The molecule has 0 bridgehead atoms. The van der Waals surface area contributed by atoms with E-state index in [0.717, 1.165) is 11.1 Å². The van der Waals surface area contributed by atoms with Crippen LogP contribution in [-0.4, -0.2) is 72.4 Å². The third-order valence-corrected chi connectivity index (χ3v) is 13.3. The number of carbonyl (C=O) groups is 4. The smallest absolute Gasteiger partial charge is 0.418 e. The molecule has 1 aromatic heterocycles. The first-order chi connectivity index (χ1) is 23.4. The molecule has 1 aliphatic heterocycles. The largest absolute Gasteiger partial charge is 0.445 e. The van der Waals surface area contributed by atoms with Crippen molar-refractivity contribution in [3.8, 4) is 0 Å². The van der Waals surface area contributed by atoms with Crippen molar-refractivity contribution in [2.24, 2.45) is 0 Å². The predicted octanol–water partition coefficient (Wildman–Crippen LogP) is 7.06. The zero-order chi connectivity index (χ0) is 36.7. The van der Waals surface area contributed by atoms with Gasteiger partial charge < -0.3 is 23.5 Å². The molecule has 1 aliphatic rings. The zero-order valence-electron chi connectivity index (χ0n) is 30.2. The molecule has 1 fully saturated rings. The highest BCUT2D eigenvalue weighted by Gasteiger charge is 2.49. The molecule has 270 valence electrons. The lowest BCUT2D eigenvalue weighted by Crippen LogP contribution is -2.63. The molecule has 2 N–H and O–H groups in total. The van der Waals surface area contributed by atoms with Crippen molar-refractivity contribution in [3.63, 3.8) is 0 Å². The van der Waals surface area contributed by atoms with E-state index in [1.54, 1.807) is 25.7 Å². The molecular weight excluding hydrogens is 657 g/mol. The first-order valence-electron chi connectivity index (χ1n) is 16.8. The molecule has 2 atom stereocenters. The molecule has 50 heavy (non-hydrogen) atoms. The van der Waals surface area contributed by atoms with Crippen LogP contribution in [0.25, 0.3) is 0 Å². The molecule has 0 spiro atoms. The van der Waals surface area contributed by atoms with Gasteiger partial charge in [-0.2, -0.15) is 0 Å². The fourth-order valence-electron chi connectivity index (χ4n) is 5.21. The second kappa shape index (κ2) is 15.9. The number of carbonyl (C=O) groups excluding carboxylic acids is 4. The van der Waals surface area contributed by atoms with Crippen molar-refractivity contribution in [2.45, 2.75) is 103 Å². The van der Waals surface area contributed by atoms with Gasteiger partial charge in [0.05, 0.1) is 17.7 Å². The van der Waals surface area contributed by atoms with E-state index in [1.165, 1.54) is 23.0 Å². The number of nitrogens with zero attached hydrogens (tertiary/aromatic N) is 2. The van der Waals surface area contributed by atoms with Gasteiger partial charge >= 0.3 is 18.3 Å². The topological polar surface area (TPSA) is 137 Å². The minimum absolute atomic E-state index is 0.00671. The summed E-state index contributed by atoms with van der Waals surface area (Å²) in [4.78, 5) is 55.2. The SMILES string of the molecule is CC(C)(C)OC(=O)n1ccc(C(=O)N2CC[C@@H](O[Si](C)(C)C(C)(C)C)[C@H]2C(NC(=O)OCc2ccccc2)NC(=O)OCc2ccccc2)c1. The van der Waals surface area contributed by atoms with E-state index in [-0.39, 0.29) is 30.4 Å². The Morgan fingerprint density at radius 2 is 1.34 bits per heavy atom. The Kier molecular flexibility index (Phi) is 12.2. The van der Waals surface area contributed by atoms with Crippen LogP contribution in [-0.2, 0) is 31.9 Å². The first-order valence-corrected chi connectivity index (χ1v) is 19.7. The molecule has 4 rings (SSSR count). The molecule has 0 saturated carbocycles. The summed E-state index contributed by atoms with van der Waals surface area (Å²) in [6, 6.07) is 19.0. The average molecular weight is 707 g/mol. The van der Waals surface area contributed by atoms with Gasteiger partial charge in [-0.15, -0.1) is 0 Å². The second-order valence-corrected chi connectivity index (χ2v) is 19.6. The summed E-state index contributed by atoms with van der Waals surface area (Å²) >= 11 is 0. The number of hydrogen-bond acceptors (Lipinski definition) is 8. The first kappa shape index (κ1) is 38.2. The number of ether oxygens (including phenoxy) is 3. The zero-order valence-corrected chi connectivity index (χ0v) is 31.2. The van der Waals surface area contributed by atoms with E-state index < -0.39 is 56.4 Å². The second-order valence-electron chi connectivity index (χ2n) is 14.9. The van der Waals surface area contributed by atoms with Crippen molar-refractivity contribution >= 4 is 32.5 Å². The van der Waals surface area contributed by atoms with E-state index in [0.29, 0.717) is 6.42 Å². The Hall–Kier alpha value is -4.62. The van der Waals surface area contributed by atoms with E-state index >= 15 is 0 Å². The Morgan fingerprint density at radius 1 is 0.820 bits per heavy atom. The summed E-state index contributed by atoms with van der Waals surface area (Å²) in [5.41, 5.74) is 1.06. The Balaban J connectivity index is 1.65. The number of nitrogens with one attached hydrogen (secondary N) is 2. The third kappa shape index (κ3) is 10.4. The van der Waals surface area contributed by atoms with E-state index in [9.17, 15) is 19.2 Å². The molecule has 0 unspecified atom stereocenters. The molecule has 12 nitrogen and oxygen atoms in total. The van der Waals surface area contributed by atoms with Crippen LogP contribution in [0.1, 0.15) is 69.4 Å². The fraction of sp³-hybridized carbons (Fsp3) is 0.459. The standard InChI is InChI=1S/C37H50N4O8Si/c1-36(2,3)48-35(45)40-21-19-28(23-40)32(42)41-22-20-29(49-50(7,8)37(4,5)6)30(41)31(38-33(43)46-24-26-15-11-9-12-16-26)39-34(44)47-25-27-17-13-10-14-18-27/h9-19,21,23,29-31H,20,22,24-25H2,1-8H3,(H,38,43)(H,39,44)/t29-,30+/m1/s1. The number of rotatable bonds is 10.